The number of ketones is 1. The zero-order valence-electron chi connectivity index (χ0n) is 15.2. The van der Waals surface area contributed by atoms with E-state index < -0.39 is 5.60 Å². The lowest BCUT2D eigenvalue weighted by Gasteiger charge is -2.27. The molecule has 2 aromatic rings. The highest BCUT2D eigenvalue weighted by Crippen LogP contribution is 2.31. The average Bonchev–Trinajstić information content (AvgIpc) is 2.64. The van der Waals surface area contributed by atoms with Crippen molar-refractivity contribution in [1.82, 2.24) is 0 Å². The second kappa shape index (κ2) is 8.94. The molecule has 0 aliphatic rings. The van der Waals surface area contributed by atoms with Crippen LogP contribution < -0.4 is 4.74 Å². The number of rotatable bonds is 9. The second-order valence-corrected chi connectivity index (χ2v) is 7.27. The van der Waals surface area contributed by atoms with E-state index in [1.807, 2.05) is 44.2 Å². The summed E-state index contributed by atoms with van der Waals surface area (Å²) in [5, 5.41) is 0. The van der Waals surface area contributed by atoms with Crippen molar-refractivity contribution in [2.24, 2.45) is 0 Å². The topological polar surface area (TPSA) is 44.8 Å². The van der Waals surface area contributed by atoms with Gasteiger partial charge in [0.25, 0.3) is 0 Å². The summed E-state index contributed by atoms with van der Waals surface area (Å²) in [5.74, 6) is 0.428. The van der Waals surface area contributed by atoms with Crippen molar-refractivity contribution < 1.29 is 18.7 Å². The molecule has 0 bridgehead atoms. The van der Waals surface area contributed by atoms with Crippen molar-refractivity contribution in [3.05, 3.63) is 65.2 Å². The summed E-state index contributed by atoms with van der Waals surface area (Å²) in [7, 11) is 1.98. The Hall–Kier alpha value is -1.95. The van der Waals surface area contributed by atoms with Gasteiger partial charge in [-0.3, -0.25) is 4.79 Å². The molecule has 4 nitrogen and oxygen atoms in total. The summed E-state index contributed by atoms with van der Waals surface area (Å²) in [6.07, 6.45) is 0. The Morgan fingerprint density at radius 2 is 1.84 bits per heavy atom. The molecule has 0 spiro atoms. The zero-order valence-corrected chi connectivity index (χ0v) is 16.2. The van der Waals surface area contributed by atoms with Gasteiger partial charge in [-0.2, -0.15) is 0 Å². The molecule has 2 aromatic carbocycles. The monoisotopic (exact) mass is 356 g/mol. The molecule has 25 heavy (non-hydrogen) atoms. The Kier molecular flexibility index (Phi) is 6.93. The minimum atomic E-state index is -0.450. The highest BCUT2D eigenvalue weighted by molar-refractivity contribution is 6.27. The van der Waals surface area contributed by atoms with Gasteiger partial charge in [-0.1, -0.05) is 43.3 Å². The lowest BCUT2D eigenvalue weighted by atomic mass is 9.94. The largest absolute Gasteiger partial charge is 0.467 e. The summed E-state index contributed by atoms with van der Waals surface area (Å²) in [4.78, 5) is 12.8. The van der Waals surface area contributed by atoms with Crippen LogP contribution in [0.5, 0.6) is 5.75 Å². The van der Waals surface area contributed by atoms with Crippen LogP contribution in [0.25, 0.3) is 0 Å². The molecule has 2 radical (unpaired) electrons. The van der Waals surface area contributed by atoms with E-state index in [9.17, 15) is 4.79 Å². The van der Waals surface area contributed by atoms with Crippen LogP contribution in [0.4, 0.5) is 0 Å². The average molecular weight is 356 g/mol. The molecule has 0 unspecified atom stereocenters. The van der Waals surface area contributed by atoms with E-state index in [1.165, 1.54) is 0 Å². The Bertz CT molecular complexity index is 698. The van der Waals surface area contributed by atoms with E-state index in [1.54, 1.807) is 25.3 Å². The van der Waals surface area contributed by atoms with Gasteiger partial charge in [0.2, 0.25) is 9.76 Å². The first-order chi connectivity index (χ1) is 12.0. The van der Waals surface area contributed by atoms with Crippen LogP contribution in [0, 0.1) is 0 Å². The molecule has 0 N–H and O–H groups in total. The third-order valence-electron chi connectivity index (χ3n) is 3.76. The van der Waals surface area contributed by atoms with Crippen LogP contribution in [0.15, 0.2) is 48.5 Å². The van der Waals surface area contributed by atoms with Gasteiger partial charge in [0.1, 0.15) is 5.75 Å². The van der Waals surface area contributed by atoms with E-state index in [0.717, 1.165) is 11.6 Å². The maximum absolute atomic E-state index is 12.8. The fourth-order valence-electron chi connectivity index (χ4n) is 2.38. The quantitative estimate of drug-likeness (QED) is 0.383. The predicted molar refractivity (Wildman–Crippen MR) is 99.2 cm³/mol. The molecule has 0 fully saturated rings. The third-order valence-corrected chi connectivity index (χ3v) is 4.70. The van der Waals surface area contributed by atoms with Crippen molar-refractivity contribution in [3.63, 3.8) is 0 Å². The molecule has 0 heterocycles. The van der Waals surface area contributed by atoms with E-state index in [-0.39, 0.29) is 12.6 Å². The van der Waals surface area contributed by atoms with Crippen molar-refractivity contribution in [3.8, 4) is 5.75 Å². The van der Waals surface area contributed by atoms with Gasteiger partial charge in [0.05, 0.1) is 11.2 Å². The molecule has 5 heteroatoms. The molecule has 0 saturated carbocycles. The second-order valence-electron chi connectivity index (χ2n) is 6.07. The summed E-state index contributed by atoms with van der Waals surface area (Å²) < 4.78 is 16.7. The molecule has 0 aliphatic heterocycles. The molecule has 0 aromatic heterocycles. The van der Waals surface area contributed by atoms with E-state index in [2.05, 4.69) is 6.92 Å². The SMILES string of the molecule is CC[Si]OC(C)(C)c1ccc(C(=O)c2ccccc2)c(OCOC)c1. The summed E-state index contributed by atoms with van der Waals surface area (Å²) in [6.45, 7) is 6.20. The number of methoxy groups -OCH3 is 1. The highest BCUT2D eigenvalue weighted by atomic mass is 28.2. The molecular weight excluding hydrogens is 332 g/mol. The maximum Gasteiger partial charge on any atom is 0.230 e. The number of benzene rings is 2. The van der Waals surface area contributed by atoms with Crippen molar-refractivity contribution in [2.45, 2.75) is 32.4 Å². The summed E-state index contributed by atoms with van der Waals surface area (Å²) in [6, 6.07) is 15.7. The van der Waals surface area contributed by atoms with Crippen LogP contribution in [0.3, 0.4) is 0 Å². The highest BCUT2D eigenvalue weighted by Gasteiger charge is 2.24. The lowest BCUT2D eigenvalue weighted by molar-refractivity contribution is 0.0497. The fourth-order valence-corrected chi connectivity index (χ4v) is 3.01. The first kappa shape index (κ1) is 19.4. The Balaban J connectivity index is 2.38. The molecule has 0 aliphatic carbocycles. The number of carbonyl (C=O) groups is 1. The van der Waals surface area contributed by atoms with Gasteiger partial charge in [-0.25, -0.2) is 0 Å². The normalized spacial score (nSPS) is 11.4. The van der Waals surface area contributed by atoms with Crippen molar-refractivity contribution in [2.75, 3.05) is 13.9 Å². The Morgan fingerprint density at radius 3 is 2.48 bits per heavy atom. The van der Waals surface area contributed by atoms with Gasteiger partial charge < -0.3 is 13.9 Å². The Labute approximate surface area is 152 Å². The maximum atomic E-state index is 12.8. The number of carbonyl (C=O) groups excluding carboxylic acids is 1. The number of hydrogen-bond donors (Lipinski definition) is 0. The molecule has 0 atom stereocenters. The lowest BCUT2D eigenvalue weighted by Crippen LogP contribution is -2.24. The Morgan fingerprint density at radius 1 is 1.12 bits per heavy atom. The predicted octanol–water partition coefficient (Wildman–Crippen LogP) is 4.21. The summed E-state index contributed by atoms with van der Waals surface area (Å²) >= 11 is 0. The zero-order chi connectivity index (χ0) is 18.3. The van der Waals surface area contributed by atoms with Crippen molar-refractivity contribution >= 4 is 15.5 Å². The number of ether oxygens (including phenoxy) is 2. The van der Waals surface area contributed by atoms with Crippen LogP contribution in [-0.2, 0) is 14.8 Å². The molecule has 132 valence electrons. The molecule has 0 saturated heterocycles. The first-order valence-corrected chi connectivity index (χ1v) is 9.38. The van der Waals surface area contributed by atoms with Gasteiger partial charge in [-0.15, -0.1) is 0 Å². The molecule has 0 amide bonds. The fraction of sp³-hybridized carbons (Fsp3) is 0.350. The van der Waals surface area contributed by atoms with Crippen LogP contribution in [0.1, 0.15) is 42.3 Å². The van der Waals surface area contributed by atoms with Crippen molar-refractivity contribution in [1.29, 1.82) is 0 Å². The van der Waals surface area contributed by atoms with Gasteiger partial charge >= 0.3 is 0 Å². The van der Waals surface area contributed by atoms with Crippen LogP contribution in [0.2, 0.25) is 6.04 Å². The smallest absolute Gasteiger partial charge is 0.230 e. The third kappa shape index (κ3) is 5.01. The minimum absolute atomic E-state index is 0.0765. The summed E-state index contributed by atoms with van der Waals surface area (Å²) in [5.41, 5.74) is 1.65. The van der Waals surface area contributed by atoms with E-state index >= 15 is 0 Å². The van der Waals surface area contributed by atoms with Gasteiger partial charge in [0.15, 0.2) is 12.6 Å². The van der Waals surface area contributed by atoms with Crippen LogP contribution in [-0.4, -0.2) is 29.4 Å². The van der Waals surface area contributed by atoms with E-state index in [4.69, 9.17) is 13.9 Å². The van der Waals surface area contributed by atoms with Gasteiger partial charge in [0, 0.05) is 12.7 Å². The first-order valence-electron chi connectivity index (χ1n) is 8.26. The molecule has 2 rings (SSSR count). The van der Waals surface area contributed by atoms with Gasteiger partial charge in [-0.05, 0) is 37.6 Å². The van der Waals surface area contributed by atoms with Crippen LogP contribution >= 0.6 is 0 Å². The number of hydrogen-bond acceptors (Lipinski definition) is 4. The standard InChI is InChI=1S/C20H24O4Si/c1-5-25-24-20(2,3)16-11-12-17(18(13-16)23-14-22-4)19(21)15-9-7-6-8-10-15/h6-13H,5,14H2,1-4H3. The molecular formula is C20H24O4Si. The van der Waals surface area contributed by atoms with E-state index in [0.29, 0.717) is 26.6 Å². The minimum Gasteiger partial charge on any atom is -0.467 e.